The molecule has 114 valence electrons. The van der Waals surface area contributed by atoms with Gasteiger partial charge in [-0.15, -0.1) is 0 Å². The lowest BCUT2D eigenvalue weighted by molar-refractivity contribution is 0.00507. The van der Waals surface area contributed by atoms with E-state index in [0.717, 1.165) is 31.6 Å². The second-order valence-corrected chi connectivity index (χ2v) is 5.50. The molecular weight excluding hydrogens is 252 g/mol. The Balaban J connectivity index is 2.64. The van der Waals surface area contributed by atoms with Gasteiger partial charge in [0.15, 0.2) is 0 Å². The van der Waals surface area contributed by atoms with Crippen LogP contribution in [0, 0.1) is 0 Å². The van der Waals surface area contributed by atoms with Gasteiger partial charge in [-0.05, 0) is 38.4 Å². The van der Waals surface area contributed by atoms with Gasteiger partial charge in [0, 0.05) is 31.8 Å². The lowest BCUT2D eigenvalue weighted by Gasteiger charge is -2.22. The van der Waals surface area contributed by atoms with Gasteiger partial charge in [-0.25, -0.2) is 4.98 Å². The molecule has 20 heavy (non-hydrogen) atoms. The minimum Gasteiger partial charge on any atom is -0.478 e. The Morgan fingerprint density at radius 1 is 1.25 bits per heavy atom. The zero-order chi connectivity index (χ0) is 15.0. The number of nitrogens with one attached hydrogen (secondary N) is 1. The van der Waals surface area contributed by atoms with Crippen molar-refractivity contribution in [2.75, 3.05) is 20.3 Å². The van der Waals surface area contributed by atoms with Crippen molar-refractivity contribution in [1.29, 1.82) is 0 Å². The first-order chi connectivity index (χ1) is 9.50. The van der Waals surface area contributed by atoms with Crippen LogP contribution in [0.5, 0.6) is 5.88 Å². The summed E-state index contributed by atoms with van der Waals surface area (Å²) >= 11 is 0. The van der Waals surface area contributed by atoms with Crippen LogP contribution in [-0.4, -0.2) is 30.8 Å². The molecular formula is C16H28N2O2. The van der Waals surface area contributed by atoms with Gasteiger partial charge in [0.05, 0.1) is 12.2 Å². The van der Waals surface area contributed by atoms with E-state index < -0.39 is 0 Å². The highest BCUT2D eigenvalue weighted by Crippen LogP contribution is 2.17. The summed E-state index contributed by atoms with van der Waals surface area (Å²) in [4.78, 5) is 4.51. The predicted molar refractivity (Wildman–Crippen MR) is 82.2 cm³/mol. The fourth-order valence-corrected chi connectivity index (χ4v) is 1.75. The maximum Gasteiger partial charge on any atom is 0.213 e. The molecule has 0 bridgehead atoms. The maximum absolute atomic E-state index is 5.79. The number of rotatable bonds is 9. The zero-order valence-corrected chi connectivity index (χ0v) is 13.5. The molecule has 1 rings (SSSR count). The van der Waals surface area contributed by atoms with Crippen LogP contribution < -0.4 is 10.1 Å². The topological polar surface area (TPSA) is 43.4 Å². The molecule has 0 saturated carbocycles. The molecule has 1 aromatic rings. The summed E-state index contributed by atoms with van der Waals surface area (Å²) in [5.41, 5.74) is 2.13. The first kappa shape index (κ1) is 16.9. The molecule has 0 amide bonds. The number of hydrogen-bond acceptors (Lipinski definition) is 4. The predicted octanol–water partition coefficient (Wildman–Crippen LogP) is 2.95. The van der Waals surface area contributed by atoms with E-state index in [1.807, 2.05) is 6.07 Å². The first-order valence-electron chi connectivity index (χ1n) is 7.39. The Bertz CT molecular complexity index is 405. The van der Waals surface area contributed by atoms with Gasteiger partial charge >= 0.3 is 0 Å². The smallest absolute Gasteiger partial charge is 0.213 e. The molecule has 0 aromatic carbocycles. The number of hydrogen-bond donors (Lipinski definition) is 1. The molecule has 1 N–H and O–H groups in total. The highest BCUT2D eigenvalue weighted by atomic mass is 16.5. The fourth-order valence-electron chi connectivity index (χ4n) is 1.75. The normalized spacial score (nSPS) is 11.7. The van der Waals surface area contributed by atoms with Crippen molar-refractivity contribution in [1.82, 2.24) is 10.3 Å². The second kappa shape index (κ2) is 8.22. The van der Waals surface area contributed by atoms with Crippen molar-refractivity contribution < 1.29 is 9.47 Å². The molecule has 1 aromatic heterocycles. The zero-order valence-electron chi connectivity index (χ0n) is 13.5. The summed E-state index contributed by atoms with van der Waals surface area (Å²) in [6.07, 6.45) is 1.75. The Kier molecular flexibility index (Phi) is 6.96. The number of methoxy groups -OCH3 is 1. The molecule has 0 fully saturated rings. The largest absolute Gasteiger partial charge is 0.478 e. The van der Waals surface area contributed by atoms with E-state index in [1.165, 1.54) is 5.56 Å². The monoisotopic (exact) mass is 280 g/mol. The summed E-state index contributed by atoms with van der Waals surface area (Å²) in [6, 6.07) is 4.15. The summed E-state index contributed by atoms with van der Waals surface area (Å²) in [5, 5.41) is 3.33. The van der Waals surface area contributed by atoms with Crippen molar-refractivity contribution in [3.63, 3.8) is 0 Å². The highest BCUT2D eigenvalue weighted by Gasteiger charge is 2.16. The molecule has 4 heteroatoms. The molecule has 4 nitrogen and oxygen atoms in total. The Morgan fingerprint density at radius 2 is 2.00 bits per heavy atom. The third-order valence-corrected chi connectivity index (χ3v) is 3.36. The summed E-state index contributed by atoms with van der Waals surface area (Å²) in [6.45, 7) is 10.8. The molecule has 0 aliphatic carbocycles. The minimum atomic E-state index is -0.158. The Labute approximate surface area is 122 Å². The van der Waals surface area contributed by atoms with Gasteiger partial charge in [-0.1, -0.05) is 13.8 Å². The molecule has 0 aliphatic rings. The number of aryl methyl sites for hydroxylation is 1. The molecule has 0 unspecified atom stereocenters. The molecule has 1 heterocycles. The van der Waals surface area contributed by atoms with Crippen LogP contribution in [0.25, 0.3) is 0 Å². The van der Waals surface area contributed by atoms with Crippen molar-refractivity contribution in [3.05, 3.63) is 23.4 Å². The van der Waals surface area contributed by atoms with Gasteiger partial charge in [0.2, 0.25) is 5.88 Å². The van der Waals surface area contributed by atoms with Crippen LogP contribution in [0.4, 0.5) is 0 Å². The molecule has 0 aliphatic heterocycles. The number of nitrogens with zero attached hydrogens (tertiary/aromatic N) is 1. The van der Waals surface area contributed by atoms with Crippen molar-refractivity contribution >= 4 is 0 Å². The van der Waals surface area contributed by atoms with E-state index >= 15 is 0 Å². The van der Waals surface area contributed by atoms with Gasteiger partial charge < -0.3 is 14.8 Å². The molecule has 0 atom stereocenters. The van der Waals surface area contributed by atoms with Crippen molar-refractivity contribution in [3.8, 4) is 5.88 Å². The number of aromatic nitrogens is 1. The van der Waals surface area contributed by atoms with Crippen molar-refractivity contribution in [2.45, 2.75) is 52.7 Å². The van der Waals surface area contributed by atoms with E-state index in [1.54, 1.807) is 7.11 Å². The second-order valence-electron chi connectivity index (χ2n) is 5.50. The standard InChI is InChI=1S/C16H28N2O2/c1-6-14-10-13(12-17-7-2)11-15(18-14)20-9-8-16(3,4)19-5/h10-11,17H,6-9,12H2,1-5H3. The van der Waals surface area contributed by atoms with E-state index in [0.29, 0.717) is 12.5 Å². The van der Waals surface area contributed by atoms with Gasteiger partial charge in [-0.3, -0.25) is 0 Å². The maximum atomic E-state index is 5.79. The van der Waals surface area contributed by atoms with Gasteiger partial charge in [0.1, 0.15) is 0 Å². The van der Waals surface area contributed by atoms with E-state index in [4.69, 9.17) is 9.47 Å². The Hall–Kier alpha value is -1.13. The lowest BCUT2D eigenvalue weighted by Crippen LogP contribution is -2.25. The van der Waals surface area contributed by atoms with Crippen LogP contribution in [0.2, 0.25) is 0 Å². The average molecular weight is 280 g/mol. The van der Waals surface area contributed by atoms with Crippen LogP contribution >= 0.6 is 0 Å². The van der Waals surface area contributed by atoms with Crippen molar-refractivity contribution in [2.24, 2.45) is 0 Å². The quantitative estimate of drug-likeness (QED) is 0.755. The minimum absolute atomic E-state index is 0.158. The van der Waals surface area contributed by atoms with Crippen LogP contribution in [-0.2, 0) is 17.7 Å². The Morgan fingerprint density at radius 3 is 2.60 bits per heavy atom. The lowest BCUT2D eigenvalue weighted by atomic mass is 10.1. The molecule has 0 spiro atoms. The first-order valence-corrected chi connectivity index (χ1v) is 7.39. The molecule has 0 radical (unpaired) electrons. The fraction of sp³-hybridized carbons (Fsp3) is 0.688. The van der Waals surface area contributed by atoms with Gasteiger partial charge in [0.25, 0.3) is 0 Å². The third kappa shape index (κ3) is 5.88. The SMILES string of the molecule is CCNCc1cc(CC)nc(OCCC(C)(C)OC)c1. The highest BCUT2D eigenvalue weighted by molar-refractivity contribution is 5.25. The summed E-state index contributed by atoms with van der Waals surface area (Å²) in [5.74, 6) is 0.712. The summed E-state index contributed by atoms with van der Waals surface area (Å²) in [7, 11) is 1.73. The third-order valence-electron chi connectivity index (χ3n) is 3.36. The summed E-state index contributed by atoms with van der Waals surface area (Å²) < 4.78 is 11.2. The number of ether oxygens (including phenoxy) is 2. The van der Waals surface area contributed by atoms with Crippen LogP contribution in [0.1, 0.15) is 45.4 Å². The average Bonchev–Trinajstić information content (AvgIpc) is 2.44. The molecule has 0 saturated heterocycles. The van der Waals surface area contributed by atoms with Crippen LogP contribution in [0.3, 0.4) is 0 Å². The number of pyridine rings is 1. The van der Waals surface area contributed by atoms with E-state index in [-0.39, 0.29) is 5.60 Å². The van der Waals surface area contributed by atoms with E-state index in [9.17, 15) is 0 Å². The van der Waals surface area contributed by atoms with E-state index in [2.05, 4.69) is 44.1 Å². The van der Waals surface area contributed by atoms with Crippen LogP contribution in [0.15, 0.2) is 12.1 Å². The van der Waals surface area contributed by atoms with Gasteiger partial charge in [-0.2, -0.15) is 0 Å².